The van der Waals surface area contributed by atoms with E-state index in [0.717, 1.165) is 0 Å². The van der Waals surface area contributed by atoms with Gasteiger partial charge in [0.15, 0.2) is 5.76 Å². The molecule has 172 valence electrons. The molecule has 0 radical (unpaired) electrons. The molecule has 33 heavy (non-hydrogen) atoms. The summed E-state index contributed by atoms with van der Waals surface area (Å²) in [4.78, 5) is 28.8. The van der Waals surface area contributed by atoms with E-state index in [1.165, 1.54) is 24.3 Å². The molecule has 1 fully saturated rings. The fourth-order valence-electron chi connectivity index (χ4n) is 3.48. The first-order valence-corrected chi connectivity index (χ1v) is 10.9. The van der Waals surface area contributed by atoms with E-state index in [2.05, 4.69) is 5.32 Å². The maximum Gasteiger partial charge on any atom is 0.289 e. The third-order valence-corrected chi connectivity index (χ3v) is 5.57. The lowest BCUT2D eigenvalue weighted by atomic mass is 10.2. The van der Waals surface area contributed by atoms with E-state index in [0.29, 0.717) is 48.4 Å². The van der Waals surface area contributed by atoms with Crippen molar-refractivity contribution in [2.75, 3.05) is 38.0 Å². The summed E-state index contributed by atoms with van der Waals surface area (Å²) in [5.41, 5.74) is 0.579. The lowest BCUT2D eigenvalue weighted by molar-refractivity contribution is -0.117. The topological polar surface area (TPSA) is 75.0 Å². The summed E-state index contributed by atoms with van der Waals surface area (Å²) in [5.74, 6) is 0.544. The molecule has 7 nitrogen and oxygen atoms in total. The van der Waals surface area contributed by atoms with Crippen LogP contribution in [0.3, 0.4) is 0 Å². The van der Waals surface area contributed by atoms with Gasteiger partial charge in [0.1, 0.15) is 23.9 Å². The van der Waals surface area contributed by atoms with Gasteiger partial charge in [0, 0.05) is 26.2 Å². The van der Waals surface area contributed by atoms with Crippen LogP contribution in [-0.2, 0) is 11.4 Å². The molecule has 0 bridgehead atoms. The maximum absolute atomic E-state index is 13.0. The molecular formula is C24H23ClFN3O4. The Balaban J connectivity index is 1.23. The van der Waals surface area contributed by atoms with Crippen molar-refractivity contribution in [1.82, 2.24) is 9.80 Å². The molecule has 9 heteroatoms. The van der Waals surface area contributed by atoms with Crippen molar-refractivity contribution in [3.05, 3.63) is 83.0 Å². The Bertz CT molecular complexity index is 1110. The van der Waals surface area contributed by atoms with Gasteiger partial charge in [-0.05, 0) is 48.5 Å². The Morgan fingerprint density at radius 3 is 2.45 bits per heavy atom. The number of carbonyl (C=O) groups excluding carboxylic acids is 2. The fraction of sp³-hybridized carbons (Fsp3) is 0.250. The summed E-state index contributed by atoms with van der Waals surface area (Å²) in [7, 11) is 0. The first-order valence-electron chi connectivity index (χ1n) is 10.5. The Kier molecular flexibility index (Phi) is 7.26. The van der Waals surface area contributed by atoms with Crippen molar-refractivity contribution in [1.29, 1.82) is 0 Å². The second-order valence-corrected chi connectivity index (χ2v) is 8.01. The summed E-state index contributed by atoms with van der Waals surface area (Å²) in [6.45, 7) is 2.47. The van der Waals surface area contributed by atoms with Crippen LogP contribution >= 0.6 is 11.6 Å². The first-order chi connectivity index (χ1) is 16.0. The molecule has 4 rings (SSSR count). The number of furan rings is 1. The average molecular weight is 472 g/mol. The lowest BCUT2D eigenvalue weighted by Crippen LogP contribution is -2.50. The van der Waals surface area contributed by atoms with Crippen molar-refractivity contribution in [2.45, 2.75) is 6.61 Å². The van der Waals surface area contributed by atoms with E-state index in [1.807, 2.05) is 4.90 Å². The summed E-state index contributed by atoms with van der Waals surface area (Å²) in [6, 6.07) is 16.1. The van der Waals surface area contributed by atoms with Gasteiger partial charge in [0.05, 0.1) is 17.3 Å². The Hall–Kier alpha value is -3.36. The predicted octanol–water partition coefficient (Wildman–Crippen LogP) is 4.05. The number of para-hydroxylation sites is 1. The molecule has 1 N–H and O–H groups in total. The summed E-state index contributed by atoms with van der Waals surface area (Å²) in [5, 5.41) is 3.30. The molecule has 3 aromatic rings. The van der Waals surface area contributed by atoms with Gasteiger partial charge in [-0.15, -0.1) is 0 Å². The third-order valence-electron chi connectivity index (χ3n) is 5.24. The van der Waals surface area contributed by atoms with Crippen LogP contribution in [0.4, 0.5) is 10.1 Å². The van der Waals surface area contributed by atoms with E-state index in [9.17, 15) is 14.0 Å². The van der Waals surface area contributed by atoms with E-state index < -0.39 is 0 Å². The first kappa shape index (κ1) is 22.8. The number of hydrogen-bond acceptors (Lipinski definition) is 5. The van der Waals surface area contributed by atoms with Crippen LogP contribution < -0.4 is 10.1 Å². The molecule has 0 atom stereocenters. The highest BCUT2D eigenvalue weighted by atomic mass is 35.5. The van der Waals surface area contributed by atoms with E-state index in [4.69, 9.17) is 20.8 Å². The Morgan fingerprint density at radius 2 is 1.73 bits per heavy atom. The summed E-state index contributed by atoms with van der Waals surface area (Å²) < 4.78 is 24.1. The van der Waals surface area contributed by atoms with Gasteiger partial charge in [-0.3, -0.25) is 14.5 Å². The van der Waals surface area contributed by atoms with Crippen LogP contribution in [0.5, 0.6) is 5.75 Å². The number of ether oxygens (including phenoxy) is 1. The largest absolute Gasteiger partial charge is 0.486 e. The summed E-state index contributed by atoms with van der Waals surface area (Å²) in [6.07, 6.45) is 0. The Labute approximate surface area is 195 Å². The minimum Gasteiger partial charge on any atom is -0.486 e. The molecule has 0 saturated carbocycles. The molecule has 0 aliphatic carbocycles. The number of amides is 2. The number of nitrogens with one attached hydrogen (secondary N) is 1. The van der Waals surface area contributed by atoms with Crippen molar-refractivity contribution >= 4 is 29.1 Å². The SMILES string of the molecule is O=C(CN1CCN(C(=O)c2ccc(COc3ccc(F)cc3)o2)CC1)Nc1ccccc1Cl. The highest BCUT2D eigenvalue weighted by molar-refractivity contribution is 6.33. The van der Waals surface area contributed by atoms with Crippen LogP contribution in [0.25, 0.3) is 0 Å². The number of piperazine rings is 1. The van der Waals surface area contributed by atoms with Gasteiger partial charge in [0.2, 0.25) is 5.91 Å². The van der Waals surface area contributed by atoms with Gasteiger partial charge < -0.3 is 19.4 Å². The van der Waals surface area contributed by atoms with Crippen molar-refractivity contribution in [3.8, 4) is 5.75 Å². The van der Waals surface area contributed by atoms with Gasteiger partial charge in [-0.1, -0.05) is 23.7 Å². The molecule has 0 unspecified atom stereocenters. The van der Waals surface area contributed by atoms with Gasteiger partial charge >= 0.3 is 0 Å². The van der Waals surface area contributed by atoms with Crippen LogP contribution in [-0.4, -0.2) is 54.3 Å². The normalized spacial score (nSPS) is 14.2. The number of nitrogens with zero attached hydrogens (tertiary/aromatic N) is 2. The number of hydrogen-bond donors (Lipinski definition) is 1. The molecule has 0 spiro atoms. The minimum absolute atomic E-state index is 0.132. The molecule has 1 saturated heterocycles. The second kappa shape index (κ2) is 10.5. The molecule has 1 aliphatic heterocycles. The average Bonchev–Trinajstić information content (AvgIpc) is 3.29. The number of benzene rings is 2. The van der Waals surface area contributed by atoms with Crippen LogP contribution in [0.2, 0.25) is 5.02 Å². The molecule has 2 heterocycles. The van der Waals surface area contributed by atoms with Crippen LogP contribution in [0.1, 0.15) is 16.3 Å². The smallest absolute Gasteiger partial charge is 0.289 e. The molecule has 1 aromatic heterocycles. The Morgan fingerprint density at radius 1 is 1.00 bits per heavy atom. The summed E-state index contributed by atoms with van der Waals surface area (Å²) >= 11 is 6.08. The fourth-order valence-corrected chi connectivity index (χ4v) is 3.66. The van der Waals surface area contributed by atoms with Gasteiger partial charge in [-0.2, -0.15) is 0 Å². The number of rotatable bonds is 7. The van der Waals surface area contributed by atoms with Crippen molar-refractivity contribution < 1.29 is 23.1 Å². The standard InChI is InChI=1S/C24H23ClFN3O4/c25-20-3-1-2-4-21(20)27-23(30)15-28-11-13-29(14-12-28)24(31)22-10-9-19(33-22)16-32-18-7-5-17(26)6-8-18/h1-10H,11-16H2,(H,27,30). The van der Waals surface area contributed by atoms with Gasteiger partial charge in [-0.25, -0.2) is 4.39 Å². The molecule has 1 aliphatic rings. The van der Waals surface area contributed by atoms with Crippen molar-refractivity contribution in [3.63, 3.8) is 0 Å². The molecular weight excluding hydrogens is 449 g/mol. The van der Waals surface area contributed by atoms with Crippen LogP contribution in [0, 0.1) is 5.82 Å². The highest BCUT2D eigenvalue weighted by Gasteiger charge is 2.25. The maximum atomic E-state index is 13.0. The molecule has 2 aromatic carbocycles. The number of anilines is 1. The van der Waals surface area contributed by atoms with Crippen molar-refractivity contribution in [2.24, 2.45) is 0 Å². The van der Waals surface area contributed by atoms with E-state index in [1.54, 1.807) is 41.3 Å². The van der Waals surface area contributed by atoms with Gasteiger partial charge in [0.25, 0.3) is 5.91 Å². The monoisotopic (exact) mass is 471 g/mol. The minimum atomic E-state index is -0.338. The third kappa shape index (κ3) is 6.12. The molecule has 2 amide bonds. The van der Waals surface area contributed by atoms with E-state index >= 15 is 0 Å². The zero-order valence-electron chi connectivity index (χ0n) is 17.8. The predicted molar refractivity (Wildman–Crippen MR) is 122 cm³/mol. The highest BCUT2D eigenvalue weighted by Crippen LogP contribution is 2.20. The second-order valence-electron chi connectivity index (χ2n) is 7.60. The zero-order valence-corrected chi connectivity index (χ0v) is 18.6. The lowest BCUT2D eigenvalue weighted by Gasteiger charge is -2.33. The number of carbonyl (C=O) groups is 2. The quantitative estimate of drug-likeness (QED) is 0.562. The van der Waals surface area contributed by atoms with E-state index in [-0.39, 0.29) is 36.5 Å². The number of halogens is 2. The van der Waals surface area contributed by atoms with Crippen LogP contribution in [0.15, 0.2) is 65.1 Å². The zero-order chi connectivity index (χ0) is 23.2.